The minimum absolute atomic E-state index is 0.204. The number of carbonyl (C=O) groups excluding carboxylic acids is 1. The standard InChI is InChI=1S/C29H37ClN4O3/c1-29(2,3)37-28(35)34-15-10-19(11-16-34)13-17-36-24-9-8-21(18-23(24)20-6-5-7-20)25-22-12-14-33(4)26(22)32-27(30)31-25/h8-9,12,14,18-20H,5-7,10-11,13,15-17H2,1-4H3. The molecule has 2 fully saturated rings. The molecule has 0 N–H and O–H groups in total. The Bertz CT molecular complexity index is 1270. The smallest absolute Gasteiger partial charge is 0.410 e. The topological polar surface area (TPSA) is 69.5 Å². The van der Waals surface area contributed by atoms with Crippen LogP contribution in [0.15, 0.2) is 30.5 Å². The summed E-state index contributed by atoms with van der Waals surface area (Å²) in [7, 11) is 1.97. The number of hydrogen-bond donors (Lipinski definition) is 0. The van der Waals surface area contributed by atoms with E-state index < -0.39 is 5.60 Å². The summed E-state index contributed by atoms with van der Waals surface area (Å²) in [5.41, 5.74) is 3.55. The lowest BCUT2D eigenvalue weighted by Gasteiger charge is -2.33. The number of aryl methyl sites for hydroxylation is 1. The second-order valence-corrected chi connectivity index (χ2v) is 11.8. The van der Waals surface area contributed by atoms with Gasteiger partial charge in [-0.15, -0.1) is 0 Å². The number of piperidine rings is 1. The maximum absolute atomic E-state index is 12.3. The van der Waals surface area contributed by atoms with Crippen molar-refractivity contribution in [2.75, 3.05) is 19.7 Å². The molecule has 0 spiro atoms. The third-order valence-corrected chi connectivity index (χ3v) is 7.74. The predicted octanol–water partition coefficient (Wildman–Crippen LogP) is 6.97. The van der Waals surface area contributed by atoms with E-state index in [0.717, 1.165) is 60.4 Å². The van der Waals surface area contributed by atoms with E-state index in [1.807, 2.05) is 49.5 Å². The monoisotopic (exact) mass is 524 g/mol. The number of ether oxygens (including phenoxy) is 2. The molecule has 1 aliphatic heterocycles. The van der Waals surface area contributed by atoms with Gasteiger partial charge in [0.2, 0.25) is 5.28 Å². The van der Waals surface area contributed by atoms with E-state index in [-0.39, 0.29) is 11.4 Å². The lowest BCUT2D eigenvalue weighted by Crippen LogP contribution is -2.41. The van der Waals surface area contributed by atoms with Crippen molar-refractivity contribution in [2.24, 2.45) is 13.0 Å². The highest BCUT2D eigenvalue weighted by atomic mass is 35.5. The molecular weight excluding hydrogens is 488 g/mol. The molecule has 2 aliphatic rings. The highest BCUT2D eigenvalue weighted by molar-refractivity contribution is 6.28. The molecule has 0 radical (unpaired) electrons. The molecule has 1 saturated heterocycles. The zero-order valence-corrected chi connectivity index (χ0v) is 23.1. The second kappa shape index (κ2) is 10.5. The Labute approximate surface area is 224 Å². The van der Waals surface area contributed by atoms with Crippen LogP contribution in [0, 0.1) is 5.92 Å². The van der Waals surface area contributed by atoms with Crippen molar-refractivity contribution in [2.45, 2.75) is 70.8 Å². The lowest BCUT2D eigenvalue weighted by atomic mass is 9.79. The van der Waals surface area contributed by atoms with Crippen LogP contribution in [0.4, 0.5) is 4.79 Å². The molecule has 0 unspecified atom stereocenters. The van der Waals surface area contributed by atoms with E-state index in [1.54, 1.807) is 0 Å². The van der Waals surface area contributed by atoms with Crippen LogP contribution in [0.25, 0.3) is 22.3 Å². The first-order chi connectivity index (χ1) is 17.7. The number of benzene rings is 1. The number of amides is 1. The maximum Gasteiger partial charge on any atom is 0.410 e. The van der Waals surface area contributed by atoms with E-state index in [4.69, 9.17) is 21.1 Å². The molecular formula is C29H37ClN4O3. The van der Waals surface area contributed by atoms with Gasteiger partial charge in [-0.1, -0.05) is 6.42 Å². The van der Waals surface area contributed by atoms with Crippen LogP contribution in [0.3, 0.4) is 0 Å². The number of hydrogen-bond acceptors (Lipinski definition) is 5. The Morgan fingerprint density at radius 2 is 1.86 bits per heavy atom. The molecule has 0 atom stereocenters. The third-order valence-electron chi connectivity index (χ3n) is 7.58. The number of fused-ring (bicyclic) bond motifs is 1. The van der Waals surface area contributed by atoms with E-state index in [9.17, 15) is 4.79 Å². The normalized spacial score (nSPS) is 17.2. The van der Waals surface area contributed by atoms with Gasteiger partial charge in [0.05, 0.1) is 12.3 Å². The van der Waals surface area contributed by atoms with Gasteiger partial charge in [0, 0.05) is 37.3 Å². The maximum atomic E-state index is 12.3. The number of halogens is 1. The van der Waals surface area contributed by atoms with Crippen LogP contribution in [0.5, 0.6) is 5.75 Å². The second-order valence-electron chi connectivity index (χ2n) is 11.4. The third kappa shape index (κ3) is 5.87. The van der Waals surface area contributed by atoms with Gasteiger partial charge in [-0.25, -0.2) is 9.78 Å². The van der Waals surface area contributed by atoms with Crippen molar-refractivity contribution in [1.29, 1.82) is 0 Å². The minimum Gasteiger partial charge on any atom is -0.493 e. The molecule has 1 amide bonds. The Hall–Kier alpha value is -2.80. The van der Waals surface area contributed by atoms with Gasteiger partial charge < -0.3 is 18.9 Å². The summed E-state index contributed by atoms with van der Waals surface area (Å²) >= 11 is 6.28. The molecule has 1 saturated carbocycles. The molecule has 2 aromatic heterocycles. The Balaban J connectivity index is 1.24. The average Bonchev–Trinajstić information content (AvgIpc) is 3.18. The molecule has 8 heteroatoms. The molecule has 1 aromatic carbocycles. The zero-order chi connectivity index (χ0) is 26.2. The van der Waals surface area contributed by atoms with Crippen molar-refractivity contribution in [1.82, 2.24) is 19.4 Å². The van der Waals surface area contributed by atoms with Crippen LogP contribution >= 0.6 is 11.6 Å². The molecule has 5 rings (SSSR count). The van der Waals surface area contributed by atoms with Crippen molar-refractivity contribution >= 4 is 28.7 Å². The summed E-state index contributed by atoms with van der Waals surface area (Å²) < 4.78 is 13.9. The summed E-state index contributed by atoms with van der Waals surface area (Å²) in [6, 6.07) is 8.47. The van der Waals surface area contributed by atoms with Crippen LogP contribution < -0.4 is 4.74 Å². The number of likely N-dealkylation sites (tertiary alicyclic amines) is 1. The fourth-order valence-electron chi connectivity index (χ4n) is 5.26. The van der Waals surface area contributed by atoms with Gasteiger partial charge in [-0.2, -0.15) is 4.98 Å². The SMILES string of the molecule is Cn1ccc2c(-c3ccc(OCCC4CCN(C(=O)OC(C)(C)C)CC4)c(C4CCC4)c3)nc(Cl)nc21. The van der Waals surface area contributed by atoms with Gasteiger partial charge in [0.1, 0.15) is 17.0 Å². The molecule has 37 heavy (non-hydrogen) atoms. The Morgan fingerprint density at radius 1 is 1.11 bits per heavy atom. The Morgan fingerprint density at radius 3 is 2.54 bits per heavy atom. The zero-order valence-electron chi connectivity index (χ0n) is 22.3. The largest absolute Gasteiger partial charge is 0.493 e. The minimum atomic E-state index is -0.456. The van der Waals surface area contributed by atoms with E-state index in [0.29, 0.717) is 18.4 Å². The first kappa shape index (κ1) is 25.8. The van der Waals surface area contributed by atoms with Gasteiger partial charge in [0.25, 0.3) is 0 Å². The number of rotatable bonds is 6. The first-order valence-corrected chi connectivity index (χ1v) is 13.8. The van der Waals surface area contributed by atoms with E-state index in [1.165, 1.54) is 24.8 Å². The quantitative estimate of drug-likeness (QED) is 0.325. The summed E-state index contributed by atoms with van der Waals surface area (Å²) in [5.74, 6) is 2.05. The lowest BCUT2D eigenvalue weighted by molar-refractivity contribution is 0.0177. The summed E-state index contributed by atoms with van der Waals surface area (Å²) in [6.07, 6.45) is 8.37. The van der Waals surface area contributed by atoms with Gasteiger partial charge >= 0.3 is 6.09 Å². The van der Waals surface area contributed by atoms with E-state index in [2.05, 4.69) is 28.2 Å². The summed E-state index contributed by atoms with van der Waals surface area (Å²) in [6.45, 7) is 7.89. The highest BCUT2D eigenvalue weighted by Crippen LogP contribution is 2.43. The molecule has 3 aromatic rings. The van der Waals surface area contributed by atoms with Gasteiger partial charge in [-0.3, -0.25) is 0 Å². The average molecular weight is 525 g/mol. The number of carbonyl (C=O) groups is 1. The number of aromatic nitrogens is 3. The molecule has 7 nitrogen and oxygen atoms in total. The molecule has 0 bridgehead atoms. The molecule has 198 valence electrons. The van der Waals surface area contributed by atoms with Crippen molar-refractivity contribution in [3.63, 3.8) is 0 Å². The van der Waals surface area contributed by atoms with Crippen molar-refractivity contribution < 1.29 is 14.3 Å². The van der Waals surface area contributed by atoms with Gasteiger partial charge in [0.15, 0.2) is 0 Å². The van der Waals surface area contributed by atoms with Crippen LogP contribution in [0.1, 0.15) is 70.8 Å². The van der Waals surface area contributed by atoms with Crippen molar-refractivity contribution in [3.05, 3.63) is 41.3 Å². The highest BCUT2D eigenvalue weighted by Gasteiger charge is 2.28. The van der Waals surface area contributed by atoms with Gasteiger partial charge in [-0.05, 0) is 106 Å². The van der Waals surface area contributed by atoms with Crippen LogP contribution in [0.2, 0.25) is 5.28 Å². The molecule has 1 aliphatic carbocycles. The van der Waals surface area contributed by atoms with Crippen molar-refractivity contribution in [3.8, 4) is 17.0 Å². The first-order valence-electron chi connectivity index (χ1n) is 13.4. The van der Waals surface area contributed by atoms with Crippen LogP contribution in [-0.2, 0) is 11.8 Å². The Kier molecular flexibility index (Phi) is 7.35. The van der Waals surface area contributed by atoms with Crippen LogP contribution in [-0.4, -0.2) is 50.8 Å². The fourth-order valence-corrected chi connectivity index (χ4v) is 5.43. The summed E-state index contributed by atoms with van der Waals surface area (Å²) in [5, 5.41) is 1.25. The summed E-state index contributed by atoms with van der Waals surface area (Å²) in [4.78, 5) is 23.2. The number of nitrogens with zero attached hydrogens (tertiary/aromatic N) is 4. The predicted molar refractivity (Wildman–Crippen MR) is 146 cm³/mol. The fraction of sp³-hybridized carbons (Fsp3) is 0.552. The molecule has 3 heterocycles. The van der Waals surface area contributed by atoms with E-state index >= 15 is 0 Å².